The molecule has 0 aliphatic heterocycles. The van der Waals surface area contributed by atoms with Gasteiger partial charge in [-0.3, -0.25) is 9.59 Å². The molecule has 0 spiro atoms. The number of carboxylic acids is 1. The largest absolute Gasteiger partial charge is 0.481 e. The maximum absolute atomic E-state index is 12.9. The highest BCUT2D eigenvalue weighted by Gasteiger charge is 2.23. The van der Waals surface area contributed by atoms with E-state index in [9.17, 15) is 14.7 Å². The molecule has 1 amide bonds. The summed E-state index contributed by atoms with van der Waals surface area (Å²) in [5, 5.41) is 24.4. The van der Waals surface area contributed by atoms with Gasteiger partial charge in [0.25, 0.3) is 11.7 Å². The van der Waals surface area contributed by atoms with Crippen LogP contribution >= 0.6 is 0 Å². The number of nitrogens with zero attached hydrogens (tertiary/aromatic N) is 4. The highest BCUT2D eigenvalue weighted by atomic mass is 16.4. The predicted molar refractivity (Wildman–Crippen MR) is 132 cm³/mol. The second kappa shape index (κ2) is 11.2. The zero-order chi connectivity index (χ0) is 24.6. The van der Waals surface area contributed by atoms with Gasteiger partial charge < -0.3 is 10.4 Å². The standard InChI is InChI=1S/C27H27N5O3/c1-19(27(34)35)16-24(17-20-12-14-23(15-13-20)22-10-6-3-7-11-22)28-26(33)25-29-31-32(30-25)18-21-8-4-2-5-9-21/h2-15,19,24H,16-18H2,1H3,(H,28,33)(H,34,35)/t19-,24+/m1/s1. The molecule has 35 heavy (non-hydrogen) atoms. The van der Waals surface area contributed by atoms with E-state index >= 15 is 0 Å². The van der Waals surface area contributed by atoms with Crippen LogP contribution in [0.5, 0.6) is 0 Å². The maximum Gasteiger partial charge on any atom is 0.306 e. The molecular weight excluding hydrogens is 442 g/mol. The van der Waals surface area contributed by atoms with Crippen LogP contribution in [0.1, 0.15) is 35.1 Å². The number of carbonyl (C=O) groups is 2. The third-order valence-electron chi connectivity index (χ3n) is 5.76. The molecule has 4 rings (SSSR count). The number of carbonyl (C=O) groups excluding carboxylic acids is 1. The molecule has 0 aliphatic carbocycles. The molecule has 3 aromatic carbocycles. The molecule has 8 nitrogen and oxygen atoms in total. The summed E-state index contributed by atoms with van der Waals surface area (Å²) in [6, 6.07) is 27.3. The van der Waals surface area contributed by atoms with Crippen molar-refractivity contribution in [2.24, 2.45) is 5.92 Å². The van der Waals surface area contributed by atoms with E-state index in [4.69, 9.17) is 0 Å². The Kier molecular flexibility index (Phi) is 7.62. The van der Waals surface area contributed by atoms with Gasteiger partial charge in [0.1, 0.15) is 0 Å². The van der Waals surface area contributed by atoms with Crippen molar-refractivity contribution in [1.29, 1.82) is 0 Å². The Morgan fingerprint density at radius 2 is 1.51 bits per heavy atom. The Labute approximate surface area is 203 Å². The topological polar surface area (TPSA) is 110 Å². The van der Waals surface area contributed by atoms with Gasteiger partial charge in [0.15, 0.2) is 0 Å². The molecule has 2 N–H and O–H groups in total. The van der Waals surface area contributed by atoms with Crippen molar-refractivity contribution in [2.75, 3.05) is 0 Å². The highest BCUT2D eigenvalue weighted by Crippen LogP contribution is 2.20. The average Bonchev–Trinajstić information content (AvgIpc) is 3.34. The van der Waals surface area contributed by atoms with Crippen LogP contribution in [0.25, 0.3) is 11.1 Å². The van der Waals surface area contributed by atoms with Gasteiger partial charge in [0, 0.05) is 6.04 Å². The van der Waals surface area contributed by atoms with Crippen LogP contribution < -0.4 is 5.32 Å². The minimum Gasteiger partial charge on any atom is -0.481 e. The summed E-state index contributed by atoms with van der Waals surface area (Å²) in [4.78, 5) is 25.7. The third-order valence-corrected chi connectivity index (χ3v) is 5.76. The van der Waals surface area contributed by atoms with Crippen molar-refractivity contribution in [3.8, 4) is 11.1 Å². The molecule has 0 aliphatic rings. The first-order chi connectivity index (χ1) is 17.0. The number of tetrazole rings is 1. The number of rotatable bonds is 10. The van der Waals surface area contributed by atoms with E-state index in [0.717, 1.165) is 22.3 Å². The SMILES string of the molecule is C[C@H](C[C@@H](Cc1ccc(-c2ccccc2)cc1)NC(=O)c1nnn(Cc2ccccc2)n1)C(=O)O. The second-order valence-corrected chi connectivity index (χ2v) is 8.54. The fourth-order valence-electron chi connectivity index (χ4n) is 3.87. The normalized spacial score (nSPS) is 12.6. The molecule has 178 valence electrons. The molecule has 4 aromatic rings. The Morgan fingerprint density at radius 1 is 0.886 bits per heavy atom. The molecule has 0 bridgehead atoms. The third kappa shape index (κ3) is 6.60. The van der Waals surface area contributed by atoms with E-state index in [-0.39, 0.29) is 12.2 Å². The molecule has 0 fully saturated rings. The first-order valence-electron chi connectivity index (χ1n) is 11.5. The van der Waals surface area contributed by atoms with E-state index in [1.54, 1.807) is 6.92 Å². The van der Waals surface area contributed by atoms with E-state index in [0.29, 0.717) is 13.0 Å². The number of benzene rings is 3. The molecule has 1 heterocycles. The van der Waals surface area contributed by atoms with Crippen molar-refractivity contribution in [1.82, 2.24) is 25.5 Å². The Bertz CT molecular complexity index is 1260. The zero-order valence-electron chi connectivity index (χ0n) is 19.4. The lowest BCUT2D eigenvalue weighted by Gasteiger charge is -2.20. The summed E-state index contributed by atoms with van der Waals surface area (Å²) in [5.41, 5.74) is 4.19. The minimum absolute atomic E-state index is 0.0478. The van der Waals surface area contributed by atoms with Crippen molar-refractivity contribution >= 4 is 11.9 Å². The van der Waals surface area contributed by atoms with Crippen molar-refractivity contribution in [2.45, 2.75) is 32.4 Å². The van der Waals surface area contributed by atoms with Crippen molar-refractivity contribution in [3.05, 3.63) is 102 Å². The number of hydrogen-bond donors (Lipinski definition) is 2. The van der Waals surface area contributed by atoms with Gasteiger partial charge in [-0.2, -0.15) is 4.80 Å². The lowest BCUT2D eigenvalue weighted by atomic mass is 9.95. The van der Waals surface area contributed by atoms with Gasteiger partial charge in [-0.1, -0.05) is 91.9 Å². The summed E-state index contributed by atoms with van der Waals surface area (Å²) < 4.78 is 0. The summed E-state index contributed by atoms with van der Waals surface area (Å²) in [6.07, 6.45) is 0.760. The molecule has 0 saturated carbocycles. The van der Waals surface area contributed by atoms with Gasteiger partial charge in [-0.15, -0.1) is 10.2 Å². The first kappa shape index (κ1) is 23.8. The number of carboxylic acid groups (broad SMARTS) is 1. The number of hydrogen-bond acceptors (Lipinski definition) is 5. The van der Waals surface area contributed by atoms with Gasteiger partial charge >= 0.3 is 5.97 Å². The number of aromatic nitrogens is 4. The van der Waals surface area contributed by atoms with E-state index in [1.807, 2.05) is 84.9 Å². The predicted octanol–water partition coefficient (Wildman–Crippen LogP) is 3.84. The van der Waals surface area contributed by atoms with E-state index in [2.05, 4.69) is 20.7 Å². The van der Waals surface area contributed by atoms with Gasteiger partial charge in [0.2, 0.25) is 0 Å². The molecule has 1 aromatic heterocycles. The minimum atomic E-state index is -0.907. The lowest BCUT2D eigenvalue weighted by molar-refractivity contribution is -0.141. The van der Waals surface area contributed by atoms with E-state index in [1.165, 1.54) is 4.80 Å². The number of aliphatic carboxylic acids is 1. The van der Waals surface area contributed by atoms with Gasteiger partial charge in [-0.05, 0) is 40.3 Å². The summed E-state index contributed by atoms with van der Waals surface area (Å²) in [7, 11) is 0. The van der Waals surface area contributed by atoms with Gasteiger partial charge in [-0.25, -0.2) is 0 Å². The molecule has 8 heteroatoms. The molecule has 2 atom stereocenters. The van der Waals surface area contributed by atoms with Crippen molar-refractivity contribution < 1.29 is 14.7 Å². The smallest absolute Gasteiger partial charge is 0.306 e. The van der Waals surface area contributed by atoms with Crippen molar-refractivity contribution in [3.63, 3.8) is 0 Å². The van der Waals surface area contributed by atoms with Crippen LogP contribution in [-0.2, 0) is 17.8 Å². The lowest BCUT2D eigenvalue weighted by Crippen LogP contribution is -2.39. The highest BCUT2D eigenvalue weighted by molar-refractivity contribution is 5.90. The summed E-state index contributed by atoms with van der Waals surface area (Å²) in [5.74, 6) is -2.05. The quantitative estimate of drug-likeness (QED) is 0.365. The number of amides is 1. The average molecular weight is 470 g/mol. The van der Waals surface area contributed by atoms with Crippen LogP contribution in [0.2, 0.25) is 0 Å². The monoisotopic (exact) mass is 469 g/mol. The maximum atomic E-state index is 12.9. The molecule has 0 saturated heterocycles. The summed E-state index contributed by atoms with van der Waals surface area (Å²) >= 11 is 0. The van der Waals surface area contributed by atoms with Crippen LogP contribution in [0, 0.1) is 5.92 Å². The Balaban J connectivity index is 1.44. The fraction of sp³-hybridized carbons (Fsp3) is 0.222. The molecular formula is C27H27N5O3. The Morgan fingerprint density at radius 3 is 2.17 bits per heavy atom. The van der Waals surface area contributed by atoms with Crippen LogP contribution in [-0.4, -0.2) is 43.2 Å². The van der Waals surface area contributed by atoms with Crippen LogP contribution in [0.3, 0.4) is 0 Å². The fourth-order valence-corrected chi connectivity index (χ4v) is 3.87. The number of nitrogens with one attached hydrogen (secondary N) is 1. The molecule has 0 radical (unpaired) electrons. The molecule has 0 unspecified atom stereocenters. The first-order valence-corrected chi connectivity index (χ1v) is 11.5. The van der Waals surface area contributed by atoms with Crippen LogP contribution in [0.15, 0.2) is 84.9 Å². The Hall–Kier alpha value is -4.33. The summed E-state index contributed by atoms with van der Waals surface area (Å²) in [6.45, 7) is 2.03. The van der Waals surface area contributed by atoms with Crippen LogP contribution in [0.4, 0.5) is 0 Å². The van der Waals surface area contributed by atoms with E-state index < -0.39 is 23.8 Å². The van der Waals surface area contributed by atoms with Gasteiger partial charge in [0.05, 0.1) is 12.5 Å². The second-order valence-electron chi connectivity index (χ2n) is 8.54. The zero-order valence-corrected chi connectivity index (χ0v) is 19.4.